The third-order valence-corrected chi connectivity index (χ3v) is 2.64. The van der Waals surface area contributed by atoms with Crippen LogP contribution in [0.1, 0.15) is 25.7 Å². The average Bonchev–Trinajstić information content (AvgIpc) is 2.34. The quantitative estimate of drug-likeness (QED) is 0.123. The molecule has 0 rings (SSSR count). The SMILES string of the molecule is N=C(N)NCCCCN[C@@H](CCCNC(=N)N)C(N)=O. The summed E-state index contributed by atoms with van der Waals surface area (Å²) >= 11 is 0. The molecule has 0 radical (unpaired) electrons. The summed E-state index contributed by atoms with van der Waals surface area (Å²) in [7, 11) is 0. The van der Waals surface area contributed by atoms with E-state index in [2.05, 4.69) is 16.0 Å². The van der Waals surface area contributed by atoms with Gasteiger partial charge in [-0.3, -0.25) is 15.6 Å². The highest BCUT2D eigenvalue weighted by molar-refractivity contribution is 5.79. The van der Waals surface area contributed by atoms with Gasteiger partial charge in [0.25, 0.3) is 0 Å². The van der Waals surface area contributed by atoms with Crippen LogP contribution in [0.4, 0.5) is 0 Å². The lowest BCUT2D eigenvalue weighted by atomic mass is 10.1. The normalized spacial score (nSPS) is 11.6. The van der Waals surface area contributed by atoms with Crippen molar-refractivity contribution >= 4 is 17.8 Å². The van der Waals surface area contributed by atoms with E-state index in [4.69, 9.17) is 28.0 Å². The average molecular weight is 286 g/mol. The zero-order valence-corrected chi connectivity index (χ0v) is 11.7. The molecular formula is C11H26N8O. The van der Waals surface area contributed by atoms with Crippen molar-refractivity contribution in [3.05, 3.63) is 0 Å². The second-order valence-corrected chi connectivity index (χ2v) is 4.44. The Morgan fingerprint density at radius 1 is 0.900 bits per heavy atom. The highest BCUT2D eigenvalue weighted by Gasteiger charge is 2.13. The zero-order valence-electron chi connectivity index (χ0n) is 11.7. The fourth-order valence-electron chi connectivity index (χ4n) is 1.62. The van der Waals surface area contributed by atoms with Crippen LogP contribution in [-0.2, 0) is 4.79 Å². The van der Waals surface area contributed by atoms with Crippen molar-refractivity contribution in [2.24, 2.45) is 17.2 Å². The number of nitrogens with one attached hydrogen (secondary N) is 5. The molecule has 1 atom stereocenters. The summed E-state index contributed by atoms with van der Waals surface area (Å²) < 4.78 is 0. The van der Waals surface area contributed by atoms with Gasteiger partial charge in [0.15, 0.2) is 11.9 Å². The maximum absolute atomic E-state index is 11.3. The molecule has 20 heavy (non-hydrogen) atoms. The summed E-state index contributed by atoms with van der Waals surface area (Å²) in [6, 6.07) is -0.371. The van der Waals surface area contributed by atoms with E-state index in [1.165, 1.54) is 0 Å². The molecule has 0 spiro atoms. The van der Waals surface area contributed by atoms with Crippen LogP contribution in [0.5, 0.6) is 0 Å². The highest BCUT2D eigenvalue weighted by Crippen LogP contribution is 1.97. The lowest BCUT2D eigenvalue weighted by Crippen LogP contribution is -2.42. The predicted octanol–water partition coefficient (Wildman–Crippen LogP) is -2.04. The molecular weight excluding hydrogens is 260 g/mol. The smallest absolute Gasteiger partial charge is 0.234 e. The number of nitrogens with two attached hydrogens (primary N) is 3. The summed E-state index contributed by atoms with van der Waals surface area (Å²) in [5.41, 5.74) is 15.6. The van der Waals surface area contributed by atoms with Crippen molar-refractivity contribution in [1.82, 2.24) is 16.0 Å². The van der Waals surface area contributed by atoms with Crippen molar-refractivity contribution in [2.75, 3.05) is 19.6 Å². The number of carbonyl (C=O) groups excluding carboxylic acids is 1. The Labute approximate surface area is 119 Å². The molecule has 0 saturated heterocycles. The molecule has 0 saturated carbocycles. The number of carbonyl (C=O) groups is 1. The molecule has 0 heterocycles. The Morgan fingerprint density at radius 2 is 1.40 bits per heavy atom. The Morgan fingerprint density at radius 3 is 1.90 bits per heavy atom. The maximum atomic E-state index is 11.3. The topological polar surface area (TPSA) is 179 Å². The standard InChI is InChI=1S/C11H26N8O/c12-9(20)8(4-3-7-19-11(15)16)17-5-1-2-6-18-10(13)14/h8,17H,1-7H2,(H2,12,20)(H4,13,14,18)(H4,15,16,19)/t8-/m0/s1. The van der Waals surface area contributed by atoms with Gasteiger partial charge in [0, 0.05) is 13.1 Å². The Bertz CT molecular complexity index is 320. The van der Waals surface area contributed by atoms with Crippen LogP contribution in [0, 0.1) is 10.8 Å². The van der Waals surface area contributed by atoms with Gasteiger partial charge in [-0.2, -0.15) is 0 Å². The van der Waals surface area contributed by atoms with Crippen LogP contribution < -0.4 is 33.2 Å². The maximum Gasteiger partial charge on any atom is 0.234 e. The number of unbranched alkanes of at least 4 members (excludes halogenated alkanes) is 1. The molecule has 0 aromatic heterocycles. The summed E-state index contributed by atoms with van der Waals surface area (Å²) in [6.07, 6.45) is 3.01. The third kappa shape index (κ3) is 11.1. The number of hydrogen-bond acceptors (Lipinski definition) is 4. The predicted molar refractivity (Wildman–Crippen MR) is 79.3 cm³/mol. The first-order valence-electron chi connectivity index (χ1n) is 6.62. The van der Waals surface area contributed by atoms with Crippen LogP contribution in [-0.4, -0.2) is 43.5 Å². The molecule has 0 fully saturated rings. The van der Waals surface area contributed by atoms with Crippen LogP contribution in [0.25, 0.3) is 0 Å². The van der Waals surface area contributed by atoms with Gasteiger partial charge in [-0.25, -0.2) is 0 Å². The second kappa shape index (κ2) is 10.9. The van der Waals surface area contributed by atoms with Crippen molar-refractivity contribution in [2.45, 2.75) is 31.7 Å². The molecule has 0 aliphatic carbocycles. The minimum Gasteiger partial charge on any atom is -0.370 e. The monoisotopic (exact) mass is 286 g/mol. The molecule has 0 aliphatic heterocycles. The number of amides is 1. The van der Waals surface area contributed by atoms with Gasteiger partial charge in [0.2, 0.25) is 5.91 Å². The van der Waals surface area contributed by atoms with Crippen LogP contribution in [0.15, 0.2) is 0 Å². The minimum atomic E-state index is -0.380. The van der Waals surface area contributed by atoms with Gasteiger partial charge in [-0.15, -0.1) is 0 Å². The zero-order chi connectivity index (χ0) is 15.4. The molecule has 0 aliphatic rings. The first-order chi connectivity index (χ1) is 9.43. The number of guanidine groups is 2. The molecule has 0 unspecified atom stereocenters. The summed E-state index contributed by atoms with van der Waals surface area (Å²) in [5, 5.41) is 22.5. The van der Waals surface area contributed by atoms with Gasteiger partial charge in [-0.1, -0.05) is 0 Å². The van der Waals surface area contributed by atoms with E-state index in [9.17, 15) is 4.79 Å². The Kier molecular flexibility index (Phi) is 9.75. The molecule has 0 bridgehead atoms. The number of primary amides is 1. The number of hydrogen-bond donors (Lipinski definition) is 8. The molecule has 0 aromatic carbocycles. The second-order valence-electron chi connectivity index (χ2n) is 4.44. The number of rotatable bonds is 11. The molecule has 1 amide bonds. The van der Waals surface area contributed by atoms with Gasteiger partial charge >= 0.3 is 0 Å². The first-order valence-corrected chi connectivity index (χ1v) is 6.62. The lowest BCUT2D eigenvalue weighted by Gasteiger charge is -2.15. The lowest BCUT2D eigenvalue weighted by molar-refractivity contribution is -0.120. The summed E-state index contributed by atoms with van der Waals surface area (Å²) in [6.45, 7) is 1.86. The van der Waals surface area contributed by atoms with E-state index < -0.39 is 0 Å². The van der Waals surface area contributed by atoms with Gasteiger partial charge in [0.1, 0.15) is 0 Å². The molecule has 9 heteroatoms. The van der Waals surface area contributed by atoms with E-state index in [0.717, 1.165) is 12.8 Å². The van der Waals surface area contributed by atoms with E-state index in [1.54, 1.807) is 0 Å². The van der Waals surface area contributed by atoms with E-state index in [1.807, 2.05) is 0 Å². The van der Waals surface area contributed by atoms with E-state index in [0.29, 0.717) is 32.5 Å². The first kappa shape index (κ1) is 18.0. The summed E-state index contributed by atoms with van der Waals surface area (Å²) in [5.74, 6) is -0.493. The van der Waals surface area contributed by atoms with Crippen LogP contribution in [0.2, 0.25) is 0 Å². The summed E-state index contributed by atoms with van der Waals surface area (Å²) in [4.78, 5) is 11.3. The largest absolute Gasteiger partial charge is 0.370 e. The van der Waals surface area contributed by atoms with Crippen molar-refractivity contribution in [3.8, 4) is 0 Å². The fourth-order valence-corrected chi connectivity index (χ4v) is 1.62. The van der Waals surface area contributed by atoms with E-state index >= 15 is 0 Å². The van der Waals surface area contributed by atoms with Gasteiger partial charge in [-0.05, 0) is 32.2 Å². The molecule has 0 aromatic rings. The molecule has 116 valence electrons. The molecule has 11 N–H and O–H groups in total. The van der Waals surface area contributed by atoms with Crippen molar-refractivity contribution in [1.29, 1.82) is 10.8 Å². The van der Waals surface area contributed by atoms with Crippen molar-refractivity contribution < 1.29 is 4.79 Å². The van der Waals surface area contributed by atoms with Crippen molar-refractivity contribution in [3.63, 3.8) is 0 Å². The third-order valence-electron chi connectivity index (χ3n) is 2.64. The van der Waals surface area contributed by atoms with Gasteiger partial charge in [0.05, 0.1) is 6.04 Å². The Balaban J connectivity index is 3.67. The fraction of sp³-hybridized carbons (Fsp3) is 0.727. The van der Waals surface area contributed by atoms with E-state index in [-0.39, 0.29) is 23.9 Å². The molecule has 9 nitrogen and oxygen atoms in total. The Hall–Kier alpha value is -2.03. The highest BCUT2D eigenvalue weighted by atomic mass is 16.1. The van der Waals surface area contributed by atoms with Crippen LogP contribution in [0.3, 0.4) is 0 Å². The van der Waals surface area contributed by atoms with Gasteiger partial charge < -0.3 is 33.2 Å². The minimum absolute atomic E-state index is 0.0362. The van der Waals surface area contributed by atoms with Crippen LogP contribution >= 0.6 is 0 Å².